The largest absolute Gasteiger partial charge is 0.480 e. The number of benzene rings is 1. The van der Waals surface area contributed by atoms with E-state index in [1.54, 1.807) is 26.8 Å². The van der Waals surface area contributed by atoms with Crippen LogP contribution in [0.1, 0.15) is 94.1 Å². The topological polar surface area (TPSA) is 128 Å². The fourth-order valence-electron chi connectivity index (χ4n) is 3.35. The number of aliphatic carboxylic acids is 1. The van der Waals surface area contributed by atoms with Crippen LogP contribution >= 0.6 is 0 Å². The Labute approximate surface area is 233 Å². The predicted molar refractivity (Wildman–Crippen MR) is 149 cm³/mol. The first-order valence-electron chi connectivity index (χ1n) is 13.4. The second-order valence-corrected chi connectivity index (χ2v) is 13.2. The van der Waals surface area contributed by atoms with Gasteiger partial charge in [-0.05, 0) is 62.1 Å². The van der Waals surface area contributed by atoms with Crippen LogP contribution in [-0.4, -0.2) is 47.7 Å². The lowest BCUT2D eigenvalue weighted by molar-refractivity contribution is -0.158. The molecule has 0 aliphatic heterocycles. The van der Waals surface area contributed by atoms with Crippen molar-refractivity contribution >= 4 is 23.9 Å². The number of hydrogen-bond acceptors (Lipinski definition) is 8. The molecule has 1 aromatic rings. The summed E-state index contributed by atoms with van der Waals surface area (Å²) in [6, 6.07) is 3.65. The van der Waals surface area contributed by atoms with Crippen LogP contribution in [0.3, 0.4) is 0 Å². The Hall–Kier alpha value is -2.94. The first-order valence-corrected chi connectivity index (χ1v) is 13.4. The first-order chi connectivity index (χ1) is 17.7. The third kappa shape index (κ3) is 13.1. The molecule has 0 amide bonds. The smallest absolute Gasteiger partial charge is 0.321 e. The summed E-state index contributed by atoms with van der Waals surface area (Å²) in [5.74, 6) is -2.25. The molecule has 1 aromatic carbocycles. The van der Waals surface area contributed by atoms with Crippen LogP contribution in [-0.2, 0) is 30.3 Å². The molecule has 39 heavy (non-hydrogen) atoms. The molecule has 0 saturated carbocycles. The van der Waals surface area contributed by atoms with Crippen molar-refractivity contribution < 1.29 is 38.5 Å². The lowest BCUT2D eigenvalue weighted by Crippen LogP contribution is -2.43. The van der Waals surface area contributed by atoms with Crippen molar-refractivity contribution in [2.24, 2.45) is 16.2 Å². The highest BCUT2D eigenvalue weighted by Gasteiger charge is 2.29. The zero-order valence-corrected chi connectivity index (χ0v) is 25.2. The van der Waals surface area contributed by atoms with E-state index in [1.165, 1.54) is 12.1 Å². The summed E-state index contributed by atoms with van der Waals surface area (Å²) in [6.45, 7) is 18.8. The van der Waals surface area contributed by atoms with Gasteiger partial charge >= 0.3 is 23.9 Å². The monoisotopic (exact) mass is 549 g/mol. The standard InChI is InChI=1S/C30H47NO8/c1-11-30(9,10)27(36)37-19(2)18-31-21(26(34)35)14-20-12-13-22(38-24(32)16-28(3,4)5)23(15-20)39-25(33)17-29(6,7)8/h12-13,15,19,21,31H,11,14,16-18H2,1-10H3,(H,34,35)/t19?,21-/m0/s1. The van der Waals surface area contributed by atoms with Gasteiger partial charge in [-0.1, -0.05) is 54.5 Å². The molecule has 0 radical (unpaired) electrons. The maximum Gasteiger partial charge on any atom is 0.321 e. The molecule has 0 aromatic heterocycles. The van der Waals surface area contributed by atoms with E-state index >= 15 is 0 Å². The van der Waals surface area contributed by atoms with Gasteiger partial charge in [0.25, 0.3) is 0 Å². The third-order valence-electron chi connectivity index (χ3n) is 5.94. The van der Waals surface area contributed by atoms with Gasteiger partial charge in [-0.2, -0.15) is 0 Å². The minimum atomic E-state index is -1.09. The van der Waals surface area contributed by atoms with Crippen LogP contribution in [0.2, 0.25) is 0 Å². The molecule has 0 fully saturated rings. The maximum atomic E-state index is 12.6. The number of carbonyl (C=O) groups is 4. The predicted octanol–water partition coefficient (Wildman–Crippen LogP) is 5.32. The Morgan fingerprint density at radius 3 is 1.85 bits per heavy atom. The van der Waals surface area contributed by atoms with Gasteiger partial charge in [-0.15, -0.1) is 0 Å². The fourth-order valence-corrected chi connectivity index (χ4v) is 3.35. The van der Waals surface area contributed by atoms with E-state index in [-0.39, 0.29) is 54.1 Å². The number of carboxylic acid groups (broad SMARTS) is 1. The molecule has 0 bridgehead atoms. The maximum absolute atomic E-state index is 12.6. The average molecular weight is 550 g/mol. The zero-order chi connectivity index (χ0) is 30.2. The number of rotatable bonds is 13. The highest BCUT2D eigenvalue weighted by molar-refractivity contribution is 5.78. The molecule has 0 aliphatic rings. The summed E-state index contributed by atoms with van der Waals surface area (Å²) in [5.41, 5.74) is -0.680. The Kier molecular flexibility index (Phi) is 12.2. The van der Waals surface area contributed by atoms with Gasteiger partial charge in [-0.3, -0.25) is 19.2 Å². The summed E-state index contributed by atoms with van der Waals surface area (Å²) < 4.78 is 16.6. The van der Waals surface area contributed by atoms with Crippen LogP contribution in [0.4, 0.5) is 0 Å². The van der Waals surface area contributed by atoms with Crippen LogP contribution in [0.25, 0.3) is 0 Å². The molecule has 2 atom stereocenters. The number of carboxylic acids is 1. The quantitative estimate of drug-likeness (QED) is 0.248. The summed E-state index contributed by atoms with van der Waals surface area (Å²) in [4.78, 5) is 49.4. The van der Waals surface area contributed by atoms with Gasteiger partial charge < -0.3 is 24.6 Å². The van der Waals surface area contributed by atoms with Gasteiger partial charge in [0.15, 0.2) is 11.5 Å². The summed E-state index contributed by atoms with van der Waals surface area (Å²) in [7, 11) is 0. The Bertz CT molecular complexity index is 1020. The highest BCUT2D eigenvalue weighted by atomic mass is 16.6. The highest BCUT2D eigenvalue weighted by Crippen LogP contribution is 2.32. The molecule has 220 valence electrons. The molecule has 0 aliphatic carbocycles. The van der Waals surface area contributed by atoms with E-state index in [0.29, 0.717) is 12.0 Å². The van der Waals surface area contributed by atoms with Crippen LogP contribution < -0.4 is 14.8 Å². The third-order valence-corrected chi connectivity index (χ3v) is 5.94. The second-order valence-electron chi connectivity index (χ2n) is 13.2. The van der Waals surface area contributed by atoms with Gasteiger partial charge in [0.1, 0.15) is 12.1 Å². The van der Waals surface area contributed by atoms with Crippen LogP contribution in [0.5, 0.6) is 11.5 Å². The average Bonchev–Trinajstić information content (AvgIpc) is 2.75. The Balaban J connectivity index is 3.08. The lowest BCUT2D eigenvalue weighted by Gasteiger charge is -2.24. The van der Waals surface area contributed by atoms with Crippen molar-refractivity contribution in [3.8, 4) is 11.5 Å². The van der Waals surface area contributed by atoms with E-state index in [4.69, 9.17) is 14.2 Å². The summed E-state index contributed by atoms with van der Waals surface area (Å²) in [5, 5.41) is 12.7. The normalized spacial score (nSPS) is 13.8. The van der Waals surface area contributed by atoms with E-state index in [9.17, 15) is 24.3 Å². The fraction of sp³-hybridized carbons (Fsp3) is 0.667. The summed E-state index contributed by atoms with van der Waals surface area (Å²) >= 11 is 0. The minimum absolute atomic E-state index is 0.0521. The number of hydrogen-bond donors (Lipinski definition) is 2. The SMILES string of the molecule is CCC(C)(C)C(=O)OC(C)CN[C@@H](Cc1ccc(OC(=O)CC(C)(C)C)c(OC(=O)CC(C)(C)C)c1)C(=O)O. The van der Waals surface area contributed by atoms with Crippen LogP contribution in [0, 0.1) is 16.2 Å². The number of ether oxygens (including phenoxy) is 3. The first kappa shape index (κ1) is 34.1. The second kappa shape index (κ2) is 13.9. The van der Waals surface area contributed by atoms with Crippen molar-refractivity contribution in [2.75, 3.05) is 6.54 Å². The molecular weight excluding hydrogens is 502 g/mol. The lowest BCUT2D eigenvalue weighted by atomic mass is 9.90. The molecule has 2 N–H and O–H groups in total. The molecule has 1 unspecified atom stereocenters. The van der Waals surface area contributed by atoms with E-state index in [2.05, 4.69) is 5.32 Å². The Morgan fingerprint density at radius 1 is 0.872 bits per heavy atom. The van der Waals surface area contributed by atoms with Crippen molar-refractivity contribution in [2.45, 2.75) is 107 Å². The van der Waals surface area contributed by atoms with Crippen molar-refractivity contribution in [1.29, 1.82) is 0 Å². The molecule has 0 saturated heterocycles. The van der Waals surface area contributed by atoms with Gasteiger partial charge in [0.2, 0.25) is 0 Å². The number of nitrogens with one attached hydrogen (secondary N) is 1. The number of carbonyl (C=O) groups excluding carboxylic acids is 3. The minimum Gasteiger partial charge on any atom is -0.480 e. The number of esters is 3. The van der Waals surface area contributed by atoms with E-state index in [1.807, 2.05) is 48.5 Å². The van der Waals surface area contributed by atoms with Gasteiger partial charge in [0.05, 0.1) is 18.3 Å². The van der Waals surface area contributed by atoms with Crippen molar-refractivity contribution in [1.82, 2.24) is 5.32 Å². The zero-order valence-electron chi connectivity index (χ0n) is 25.2. The molecule has 0 spiro atoms. The Morgan fingerprint density at radius 2 is 1.38 bits per heavy atom. The van der Waals surface area contributed by atoms with Crippen molar-refractivity contribution in [3.63, 3.8) is 0 Å². The molecule has 9 nitrogen and oxygen atoms in total. The molecule has 1 rings (SSSR count). The molecule has 9 heteroatoms. The van der Waals surface area contributed by atoms with Crippen LogP contribution in [0.15, 0.2) is 18.2 Å². The van der Waals surface area contributed by atoms with E-state index < -0.39 is 35.5 Å². The van der Waals surface area contributed by atoms with Crippen molar-refractivity contribution in [3.05, 3.63) is 23.8 Å². The molecule has 0 heterocycles. The summed E-state index contributed by atoms with van der Waals surface area (Å²) in [6.07, 6.45) is 0.429. The molecular formula is C30H47NO8. The van der Waals surface area contributed by atoms with E-state index in [0.717, 1.165) is 0 Å². The van der Waals surface area contributed by atoms with Gasteiger partial charge in [0, 0.05) is 6.54 Å². The van der Waals surface area contributed by atoms with Gasteiger partial charge in [-0.25, -0.2) is 0 Å².